The molecule has 0 fully saturated rings. The molecule has 0 saturated carbocycles. The Labute approximate surface area is 118 Å². The van der Waals surface area contributed by atoms with Crippen LogP contribution in [0.1, 0.15) is 36.7 Å². The molecule has 0 bridgehead atoms. The predicted octanol–water partition coefficient (Wildman–Crippen LogP) is 2.07. The second kappa shape index (κ2) is 5.54. The standard InChI is InChI=1S/C15H19N3O2/c1-4-15(20,8-10-19)14-11(2)17-18(12(14)3)13-7-5-6-9-16-13/h5-7,9-10,20H,4,8H2,1-3H3. The van der Waals surface area contributed by atoms with Gasteiger partial charge in [-0.15, -0.1) is 0 Å². The number of rotatable bonds is 5. The Hall–Kier alpha value is -2.01. The summed E-state index contributed by atoms with van der Waals surface area (Å²) in [5.74, 6) is 0.698. The number of nitrogens with zero attached hydrogens (tertiary/aromatic N) is 3. The lowest BCUT2D eigenvalue weighted by molar-refractivity contribution is -0.112. The second-order valence-electron chi connectivity index (χ2n) is 4.90. The number of aryl methyl sites for hydroxylation is 1. The largest absolute Gasteiger partial charge is 0.385 e. The van der Waals surface area contributed by atoms with E-state index >= 15 is 0 Å². The number of aldehydes is 1. The van der Waals surface area contributed by atoms with Crippen LogP contribution in [0.3, 0.4) is 0 Å². The molecule has 1 N–H and O–H groups in total. The van der Waals surface area contributed by atoms with Crippen LogP contribution in [-0.4, -0.2) is 26.2 Å². The Morgan fingerprint density at radius 2 is 2.15 bits per heavy atom. The zero-order valence-electron chi connectivity index (χ0n) is 12.0. The lowest BCUT2D eigenvalue weighted by Gasteiger charge is -2.25. The molecule has 2 heterocycles. The zero-order valence-corrected chi connectivity index (χ0v) is 12.0. The van der Waals surface area contributed by atoms with Crippen molar-refractivity contribution in [2.75, 3.05) is 0 Å². The highest BCUT2D eigenvalue weighted by Crippen LogP contribution is 2.33. The fraction of sp³-hybridized carbons (Fsp3) is 0.400. The van der Waals surface area contributed by atoms with Gasteiger partial charge in [0, 0.05) is 23.9 Å². The first-order chi connectivity index (χ1) is 9.53. The van der Waals surface area contributed by atoms with Gasteiger partial charge in [-0.1, -0.05) is 13.0 Å². The van der Waals surface area contributed by atoms with E-state index in [-0.39, 0.29) is 6.42 Å². The molecule has 2 aromatic heterocycles. The minimum atomic E-state index is -1.16. The fourth-order valence-electron chi connectivity index (χ4n) is 2.58. The molecular formula is C15H19N3O2. The van der Waals surface area contributed by atoms with Crippen LogP contribution < -0.4 is 0 Å². The van der Waals surface area contributed by atoms with Crippen LogP contribution in [0, 0.1) is 13.8 Å². The third-order valence-corrected chi connectivity index (χ3v) is 3.63. The number of hydrogen-bond donors (Lipinski definition) is 1. The predicted molar refractivity (Wildman–Crippen MR) is 75.7 cm³/mol. The third-order valence-electron chi connectivity index (χ3n) is 3.63. The summed E-state index contributed by atoms with van der Waals surface area (Å²) >= 11 is 0. The van der Waals surface area contributed by atoms with Gasteiger partial charge in [-0.25, -0.2) is 9.67 Å². The maximum absolute atomic E-state index is 10.9. The molecule has 0 aliphatic rings. The van der Waals surface area contributed by atoms with Gasteiger partial charge in [0.1, 0.15) is 6.29 Å². The van der Waals surface area contributed by atoms with E-state index in [0.717, 1.165) is 23.2 Å². The smallest absolute Gasteiger partial charge is 0.153 e. The molecule has 106 valence electrons. The maximum atomic E-state index is 10.9. The molecule has 0 radical (unpaired) electrons. The van der Waals surface area contributed by atoms with Crippen LogP contribution >= 0.6 is 0 Å². The van der Waals surface area contributed by atoms with Crippen LogP contribution in [0.5, 0.6) is 0 Å². The van der Waals surface area contributed by atoms with Crippen LogP contribution in [-0.2, 0) is 10.4 Å². The van der Waals surface area contributed by atoms with Crippen molar-refractivity contribution in [3.63, 3.8) is 0 Å². The molecule has 0 saturated heterocycles. The average molecular weight is 273 g/mol. The van der Waals surface area contributed by atoms with Crippen molar-refractivity contribution in [2.24, 2.45) is 0 Å². The first-order valence-corrected chi connectivity index (χ1v) is 6.67. The van der Waals surface area contributed by atoms with Crippen molar-refractivity contribution < 1.29 is 9.90 Å². The van der Waals surface area contributed by atoms with Gasteiger partial charge in [0.15, 0.2) is 5.82 Å². The van der Waals surface area contributed by atoms with E-state index in [1.807, 2.05) is 39.0 Å². The van der Waals surface area contributed by atoms with Gasteiger partial charge in [0.2, 0.25) is 0 Å². The molecule has 1 atom stereocenters. The number of pyridine rings is 1. The summed E-state index contributed by atoms with van der Waals surface area (Å²) in [6.07, 6.45) is 2.98. The van der Waals surface area contributed by atoms with Gasteiger partial charge in [-0.3, -0.25) is 0 Å². The van der Waals surface area contributed by atoms with Crippen LogP contribution in [0.25, 0.3) is 5.82 Å². The van der Waals surface area contributed by atoms with Crippen molar-refractivity contribution in [3.8, 4) is 5.82 Å². The Balaban J connectivity index is 2.57. The second-order valence-corrected chi connectivity index (χ2v) is 4.90. The van der Waals surface area contributed by atoms with Gasteiger partial charge >= 0.3 is 0 Å². The van der Waals surface area contributed by atoms with Gasteiger partial charge in [0.25, 0.3) is 0 Å². The number of hydrogen-bond acceptors (Lipinski definition) is 4. The van der Waals surface area contributed by atoms with E-state index in [1.165, 1.54) is 0 Å². The Bertz CT molecular complexity index is 607. The lowest BCUT2D eigenvalue weighted by Crippen LogP contribution is -2.27. The highest BCUT2D eigenvalue weighted by atomic mass is 16.3. The molecule has 2 rings (SSSR count). The topological polar surface area (TPSA) is 68.0 Å². The number of carbonyl (C=O) groups is 1. The minimum absolute atomic E-state index is 0.0685. The molecule has 0 spiro atoms. The summed E-state index contributed by atoms with van der Waals surface area (Å²) < 4.78 is 1.70. The fourth-order valence-corrected chi connectivity index (χ4v) is 2.58. The summed E-state index contributed by atoms with van der Waals surface area (Å²) in [5, 5.41) is 15.2. The summed E-state index contributed by atoms with van der Waals surface area (Å²) in [5.41, 5.74) is 1.09. The highest BCUT2D eigenvalue weighted by Gasteiger charge is 2.33. The average Bonchev–Trinajstić information content (AvgIpc) is 2.75. The van der Waals surface area contributed by atoms with Gasteiger partial charge in [0.05, 0.1) is 11.3 Å². The van der Waals surface area contributed by atoms with Gasteiger partial charge in [-0.05, 0) is 32.4 Å². The molecule has 5 heteroatoms. The number of aliphatic hydroxyl groups is 1. The van der Waals surface area contributed by atoms with E-state index in [9.17, 15) is 9.90 Å². The number of aromatic nitrogens is 3. The summed E-state index contributed by atoms with van der Waals surface area (Å²) in [7, 11) is 0. The van der Waals surface area contributed by atoms with Gasteiger partial charge in [-0.2, -0.15) is 5.10 Å². The summed E-state index contributed by atoms with van der Waals surface area (Å²) in [4.78, 5) is 15.1. The van der Waals surface area contributed by atoms with Crippen molar-refractivity contribution >= 4 is 6.29 Å². The van der Waals surface area contributed by atoms with E-state index in [4.69, 9.17) is 0 Å². The van der Waals surface area contributed by atoms with Crippen LogP contribution in [0.2, 0.25) is 0 Å². The van der Waals surface area contributed by atoms with Crippen molar-refractivity contribution in [1.82, 2.24) is 14.8 Å². The molecule has 20 heavy (non-hydrogen) atoms. The molecular weight excluding hydrogens is 254 g/mol. The van der Waals surface area contributed by atoms with Gasteiger partial charge < -0.3 is 9.90 Å². The first-order valence-electron chi connectivity index (χ1n) is 6.67. The molecule has 2 aromatic rings. The molecule has 0 amide bonds. The quantitative estimate of drug-likeness (QED) is 0.847. The summed E-state index contributed by atoms with van der Waals surface area (Å²) in [6.45, 7) is 5.59. The van der Waals surface area contributed by atoms with E-state index in [1.54, 1.807) is 10.9 Å². The monoisotopic (exact) mass is 273 g/mol. The van der Waals surface area contributed by atoms with Crippen LogP contribution in [0.4, 0.5) is 0 Å². The SMILES string of the molecule is CCC(O)(CC=O)c1c(C)nn(-c2ccccn2)c1C. The number of carbonyl (C=O) groups excluding carboxylic acids is 1. The molecule has 0 aliphatic carbocycles. The molecule has 1 unspecified atom stereocenters. The maximum Gasteiger partial charge on any atom is 0.153 e. The first kappa shape index (κ1) is 14.4. The Kier molecular flexibility index (Phi) is 3.99. The highest BCUT2D eigenvalue weighted by molar-refractivity contribution is 5.53. The minimum Gasteiger partial charge on any atom is -0.385 e. The molecule has 5 nitrogen and oxygen atoms in total. The third kappa shape index (κ3) is 2.36. The molecule has 0 aliphatic heterocycles. The Morgan fingerprint density at radius 1 is 1.40 bits per heavy atom. The van der Waals surface area contributed by atoms with Crippen molar-refractivity contribution in [1.29, 1.82) is 0 Å². The van der Waals surface area contributed by atoms with Crippen molar-refractivity contribution in [3.05, 3.63) is 41.3 Å². The lowest BCUT2D eigenvalue weighted by atomic mass is 9.87. The Morgan fingerprint density at radius 3 is 2.70 bits per heavy atom. The molecule has 0 aromatic carbocycles. The zero-order chi connectivity index (χ0) is 14.8. The van der Waals surface area contributed by atoms with E-state index < -0.39 is 5.60 Å². The van der Waals surface area contributed by atoms with E-state index in [0.29, 0.717) is 12.2 Å². The normalized spacial score (nSPS) is 14.0. The van der Waals surface area contributed by atoms with Crippen LogP contribution in [0.15, 0.2) is 24.4 Å². The van der Waals surface area contributed by atoms with E-state index in [2.05, 4.69) is 10.1 Å². The van der Waals surface area contributed by atoms with Crippen molar-refractivity contribution in [2.45, 2.75) is 39.2 Å². The summed E-state index contributed by atoms with van der Waals surface area (Å²) in [6, 6.07) is 5.58.